The van der Waals surface area contributed by atoms with Crippen LogP contribution < -0.4 is 0 Å². The summed E-state index contributed by atoms with van der Waals surface area (Å²) in [7, 11) is 0. The van der Waals surface area contributed by atoms with Gasteiger partial charge < -0.3 is 5.11 Å². The van der Waals surface area contributed by atoms with E-state index in [1.165, 1.54) is 6.07 Å². The number of halogens is 2. The summed E-state index contributed by atoms with van der Waals surface area (Å²) < 4.78 is 13.6. The molecule has 0 radical (unpaired) electrons. The van der Waals surface area contributed by atoms with Crippen LogP contribution in [0.25, 0.3) is 0 Å². The number of benzene rings is 1. The summed E-state index contributed by atoms with van der Waals surface area (Å²) in [4.78, 5) is 0. The van der Waals surface area contributed by atoms with Crippen molar-refractivity contribution in [3.8, 4) is 0 Å². The standard InChI is InChI=1S/C8H8FIO/c9-8-2-1-6(4-10)3-7(8)5-11/h1-3,11H,4-5H2. The van der Waals surface area contributed by atoms with Crippen LogP contribution in [0.2, 0.25) is 0 Å². The molecule has 0 aromatic heterocycles. The molecule has 0 saturated carbocycles. The van der Waals surface area contributed by atoms with Gasteiger partial charge in [0.25, 0.3) is 0 Å². The molecular formula is C8H8FIO. The summed E-state index contributed by atoms with van der Waals surface area (Å²) >= 11 is 2.19. The molecule has 3 heteroatoms. The number of alkyl halides is 1. The van der Waals surface area contributed by atoms with E-state index in [-0.39, 0.29) is 12.4 Å². The average molecular weight is 266 g/mol. The second-order valence-corrected chi connectivity index (χ2v) is 2.98. The van der Waals surface area contributed by atoms with Crippen LogP contribution in [0.15, 0.2) is 18.2 Å². The smallest absolute Gasteiger partial charge is 0.128 e. The lowest BCUT2D eigenvalue weighted by Crippen LogP contribution is -1.90. The van der Waals surface area contributed by atoms with Gasteiger partial charge in [-0.2, -0.15) is 0 Å². The maximum atomic E-state index is 12.7. The molecule has 0 aliphatic rings. The minimum absolute atomic E-state index is 0.226. The topological polar surface area (TPSA) is 20.2 Å². The van der Waals surface area contributed by atoms with Gasteiger partial charge in [-0.25, -0.2) is 4.39 Å². The predicted molar refractivity (Wildman–Crippen MR) is 50.0 cm³/mol. The van der Waals surface area contributed by atoms with E-state index < -0.39 is 0 Å². The second-order valence-electron chi connectivity index (χ2n) is 2.22. The van der Waals surface area contributed by atoms with Gasteiger partial charge in [0.15, 0.2) is 0 Å². The maximum absolute atomic E-state index is 12.7. The highest BCUT2D eigenvalue weighted by Crippen LogP contribution is 2.12. The first-order chi connectivity index (χ1) is 5.27. The molecule has 1 aromatic carbocycles. The molecule has 11 heavy (non-hydrogen) atoms. The second kappa shape index (κ2) is 4.01. The molecular weight excluding hydrogens is 258 g/mol. The molecule has 0 spiro atoms. The van der Waals surface area contributed by atoms with Crippen LogP contribution >= 0.6 is 22.6 Å². The van der Waals surface area contributed by atoms with Gasteiger partial charge in [-0.05, 0) is 17.7 Å². The van der Waals surface area contributed by atoms with E-state index in [2.05, 4.69) is 22.6 Å². The molecule has 1 aromatic rings. The fraction of sp³-hybridized carbons (Fsp3) is 0.250. The van der Waals surface area contributed by atoms with Crippen LogP contribution in [0.5, 0.6) is 0 Å². The van der Waals surface area contributed by atoms with Gasteiger partial charge in [-0.1, -0.05) is 28.7 Å². The lowest BCUT2D eigenvalue weighted by molar-refractivity contribution is 0.275. The monoisotopic (exact) mass is 266 g/mol. The Morgan fingerprint density at radius 1 is 1.45 bits per heavy atom. The normalized spacial score (nSPS) is 10.1. The van der Waals surface area contributed by atoms with Gasteiger partial charge in [0.2, 0.25) is 0 Å². The fourth-order valence-electron chi connectivity index (χ4n) is 0.832. The fourth-order valence-corrected chi connectivity index (χ4v) is 1.31. The number of aliphatic hydroxyl groups is 1. The quantitative estimate of drug-likeness (QED) is 0.643. The van der Waals surface area contributed by atoms with Crippen LogP contribution in [0.1, 0.15) is 11.1 Å². The van der Waals surface area contributed by atoms with E-state index >= 15 is 0 Å². The van der Waals surface area contributed by atoms with E-state index in [0.717, 1.165) is 9.99 Å². The first-order valence-electron chi connectivity index (χ1n) is 3.22. The van der Waals surface area contributed by atoms with Crippen LogP contribution in [0, 0.1) is 5.82 Å². The van der Waals surface area contributed by atoms with Gasteiger partial charge in [0.1, 0.15) is 5.82 Å². The zero-order valence-electron chi connectivity index (χ0n) is 5.85. The third kappa shape index (κ3) is 2.13. The third-order valence-electron chi connectivity index (χ3n) is 1.43. The van der Waals surface area contributed by atoms with E-state index in [9.17, 15) is 4.39 Å². The Hall–Kier alpha value is -0.160. The van der Waals surface area contributed by atoms with E-state index in [4.69, 9.17) is 5.11 Å². The average Bonchev–Trinajstić information content (AvgIpc) is 2.05. The summed E-state index contributed by atoms with van der Waals surface area (Å²) in [5.41, 5.74) is 1.41. The molecule has 0 fully saturated rings. The van der Waals surface area contributed by atoms with Gasteiger partial charge in [-0.15, -0.1) is 0 Å². The van der Waals surface area contributed by atoms with Gasteiger partial charge in [-0.3, -0.25) is 0 Å². The number of hydrogen-bond donors (Lipinski definition) is 1. The Kier molecular flexibility index (Phi) is 3.26. The van der Waals surface area contributed by atoms with Crippen molar-refractivity contribution in [1.82, 2.24) is 0 Å². The van der Waals surface area contributed by atoms with Crippen LogP contribution in [0.3, 0.4) is 0 Å². The molecule has 1 nitrogen and oxygen atoms in total. The Morgan fingerprint density at radius 2 is 2.18 bits per heavy atom. The molecule has 1 rings (SSSR count). The number of hydrogen-bond acceptors (Lipinski definition) is 1. The Morgan fingerprint density at radius 3 is 2.73 bits per heavy atom. The molecule has 1 N–H and O–H groups in total. The Bertz CT molecular complexity index is 250. The first kappa shape index (κ1) is 8.93. The summed E-state index contributed by atoms with van der Waals surface area (Å²) in [6.07, 6.45) is 0. The van der Waals surface area contributed by atoms with Crippen molar-refractivity contribution in [2.75, 3.05) is 0 Å². The zero-order valence-corrected chi connectivity index (χ0v) is 8.01. The van der Waals surface area contributed by atoms with Crippen molar-refractivity contribution in [3.63, 3.8) is 0 Å². The molecule has 0 bridgehead atoms. The van der Waals surface area contributed by atoms with Crippen molar-refractivity contribution in [2.24, 2.45) is 0 Å². The SMILES string of the molecule is OCc1cc(CI)ccc1F. The summed E-state index contributed by atoms with van der Waals surface area (Å²) in [6.45, 7) is -0.226. The largest absolute Gasteiger partial charge is 0.392 e. The highest BCUT2D eigenvalue weighted by Gasteiger charge is 2.00. The van der Waals surface area contributed by atoms with Crippen molar-refractivity contribution in [1.29, 1.82) is 0 Å². The lowest BCUT2D eigenvalue weighted by atomic mass is 10.1. The van der Waals surface area contributed by atoms with Crippen molar-refractivity contribution in [2.45, 2.75) is 11.0 Å². The lowest BCUT2D eigenvalue weighted by Gasteiger charge is -2.00. The number of rotatable bonds is 2. The molecule has 0 aliphatic carbocycles. The van der Waals surface area contributed by atoms with Crippen molar-refractivity contribution < 1.29 is 9.50 Å². The molecule has 0 amide bonds. The van der Waals surface area contributed by atoms with Gasteiger partial charge in [0.05, 0.1) is 6.61 Å². The molecule has 0 aliphatic heterocycles. The van der Waals surface area contributed by atoms with Gasteiger partial charge in [0, 0.05) is 9.99 Å². The first-order valence-corrected chi connectivity index (χ1v) is 4.74. The minimum Gasteiger partial charge on any atom is -0.392 e. The van der Waals surface area contributed by atoms with Crippen LogP contribution in [-0.4, -0.2) is 5.11 Å². The van der Waals surface area contributed by atoms with Crippen LogP contribution in [0.4, 0.5) is 4.39 Å². The van der Waals surface area contributed by atoms with Crippen molar-refractivity contribution >= 4 is 22.6 Å². The highest BCUT2D eigenvalue weighted by atomic mass is 127. The maximum Gasteiger partial charge on any atom is 0.128 e. The molecule has 0 saturated heterocycles. The Balaban J connectivity index is 3.02. The highest BCUT2D eigenvalue weighted by molar-refractivity contribution is 14.1. The van der Waals surface area contributed by atoms with Gasteiger partial charge >= 0.3 is 0 Å². The molecule has 0 atom stereocenters. The summed E-state index contributed by atoms with van der Waals surface area (Å²) in [6, 6.07) is 4.79. The predicted octanol–water partition coefficient (Wildman–Crippen LogP) is 2.25. The molecule has 60 valence electrons. The Labute approximate surface area is 78.4 Å². The summed E-state index contributed by atoms with van der Waals surface area (Å²) in [5.74, 6) is -0.332. The zero-order chi connectivity index (χ0) is 8.27. The van der Waals surface area contributed by atoms with E-state index in [1.807, 2.05) is 0 Å². The van der Waals surface area contributed by atoms with Crippen molar-refractivity contribution in [3.05, 3.63) is 35.1 Å². The third-order valence-corrected chi connectivity index (χ3v) is 2.32. The van der Waals surface area contributed by atoms with E-state index in [0.29, 0.717) is 5.56 Å². The number of aliphatic hydroxyl groups excluding tert-OH is 1. The van der Waals surface area contributed by atoms with Crippen LogP contribution in [-0.2, 0) is 11.0 Å². The molecule has 0 heterocycles. The minimum atomic E-state index is -0.332. The summed E-state index contributed by atoms with van der Waals surface area (Å²) in [5, 5.41) is 8.70. The van der Waals surface area contributed by atoms with E-state index in [1.54, 1.807) is 12.1 Å². The molecule has 0 unspecified atom stereocenters.